The molecular formula is C17H25N3O4. The maximum Gasteiger partial charge on any atom is 0.409 e. The molecule has 0 aromatic heterocycles. The number of amides is 2. The summed E-state index contributed by atoms with van der Waals surface area (Å²) in [5, 5.41) is 3.15. The van der Waals surface area contributed by atoms with Gasteiger partial charge in [-0.3, -0.25) is 4.79 Å². The first-order chi connectivity index (χ1) is 11.7. The van der Waals surface area contributed by atoms with E-state index >= 15 is 0 Å². The first-order valence-electron chi connectivity index (χ1n) is 8.17. The lowest BCUT2D eigenvalue weighted by Gasteiger charge is -2.34. The smallest absolute Gasteiger partial charge is 0.409 e. The van der Waals surface area contributed by atoms with Crippen LogP contribution in [0.1, 0.15) is 12.5 Å². The van der Waals surface area contributed by atoms with Crippen molar-refractivity contribution in [3.63, 3.8) is 0 Å². The van der Waals surface area contributed by atoms with E-state index in [0.29, 0.717) is 39.3 Å². The summed E-state index contributed by atoms with van der Waals surface area (Å²) in [4.78, 5) is 27.3. The van der Waals surface area contributed by atoms with Crippen molar-refractivity contribution in [1.29, 1.82) is 0 Å². The summed E-state index contributed by atoms with van der Waals surface area (Å²) in [5.41, 5.74) is 1.01. The number of methoxy groups -OCH3 is 1. The van der Waals surface area contributed by atoms with Gasteiger partial charge in [0.05, 0.1) is 20.3 Å². The van der Waals surface area contributed by atoms with Gasteiger partial charge in [-0.1, -0.05) is 18.2 Å². The number of carbonyl (C=O) groups excluding carboxylic acids is 2. The van der Waals surface area contributed by atoms with Crippen LogP contribution in [0, 0.1) is 0 Å². The quantitative estimate of drug-likeness (QED) is 0.842. The Labute approximate surface area is 142 Å². The van der Waals surface area contributed by atoms with Crippen LogP contribution in [0.15, 0.2) is 24.3 Å². The molecule has 0 spiro atoms. The van der Waals surface area contributed by atoms with Crippen LogP contribution in [-0.4, -0.2) is 68.2 Å². The first-order valence-corrected chi connectivity index (χ1v) is 8.17. The monoisotopic (exact) mass is 335 g/mol. The number of nitrogens with zero attached hydrogens (tertiary/aromatic N) is 2. The third-order valence-electron chi connectivity index (χ3n) is 3.94. The summed E-state index contributed by atoms with van der Waals surface area (Å²) >= 11 is 0. The van der Waals surface area contributed by atoms with E-state index < -0.39 is 0 Å². The van der Waals surface area contributed by atoms with Crippen molar-refractivity contribution >= 4 is 12.0 Å². The number of piperazine rings is 1. The first kappa shape index (κ1) is 18.1. The van der Waals surface area contributed by atoms with Crippen LogP contribution >= 0.6 is 0 Å². The highest BCUT2D eigenvalue weighted by Gasteiger charge is 2.24. The molecule has 1 heterocycles. The van der Waals surface area contributed by atoms with Crippen LogP contribution in [0.25, 0.3) is 0 Å². The zero-order valence-corrected chi connectivity index (χ0v) is 14.3. The number of hydrogen-bond donors (Lipinski definition) is 1. The maximum atomic E-state index is 12.2. The molecule has 1 aromatic carbocycles. The molecule has 0 saturated carbocycles. The Bertz CT molecular complexity index is 557. The van der Waals surface area contributed by atoms with Crippen molar-refractivity contribution in [2.24, 2.45) is 0 Å². The summed E-state index contributed by atoms with van der Waals surface area (Å²) < 4.78 is 10.3. The zero-order chi connectivity index (χ0) is 17.4. The van der Waals surface area contributed by atoms with Crippen LogP contribution in [0.3, 0.4) is 0 Å². The van der Waals surface area contributed by atoms with E-state index in [1.807, 2.05) is 24.3 Å². The van der Waals surface area contributed by atoms with Crippen molar-refractivity contribution < 1.29 is 19.1 Å². The lowest BCUT2D eigenvalue weighted by Crippen LogP contribution is -2.52. The van der Waals surface area contributed by atoms with Gasteiger partial charge in [0, 0.05) is 38.3 Å². The Hall–Kier alpha value is -2.28. The summed E-state index contributed by atoms with van der Waals surface area (Å²) in [6, 6.07) is 7.72. The van der Waals surface area contributed by atoms with Gasteiger partial charge in [-0.2, -0.15) is 0 Å². The van der Waals surface area contributed by atoms with Crippen LogP contribution in [-0.2, 0) is 16.1 Å². The molecule has 1 fully saturated rings. The summed E-state index contributed by atoms with van der Waals surface area (Å²) in [6.45, 7) is 5.07. The number of nitrogens with one attached hydrogen (secondary N) is 1. The number of carbonyl (C=O) groups is 2. The molecular weight excluding hydrogens is 310 g/mol. The van der Waals surface area contributed by atoms with Gasteiger partial charge in [0.25, 0.3) is 0 Å². The molecule has 1 saturated heterocycles. The normalized spacial score (nSPS) is 14.4. The van der Waals surface area contributed by atoms with E-state index in [1.165, 1.54) is 0 Å². The van der Waals surface area contributed by atoms with Gasteiger partial charge in [-0.25, -0.2) is 4.79 Å². The topological polar surface area (TPSA) is 71.1 Å². The highest BCUT2D eigenvalue weighted by Crippen LogP contribution is 2.16. The van der Waals surface area contributed by atoms with Crippen LogP contribution in [0.2, 0.25) is 0 Å². The largest absolute Gasteiger partial charge is 0.496 e. The van der Waals surface area contributed by atoms with Crippen LogP contribution in [0.4, 0.5) is 4.79 Å². The second kappa shape index (κ2) is 9.12. The molecule has 0 unspecified atom stereocenters. The Kier molecular flexibility index (Phi) is 6.87. The van der Waals surface area contributed by atoms with Gasteiger partial charge in [-0.15, -0.1) is 0 Å². The van der Waals surface area contributed by atoms with Crippen molar-refractivity contribution in [2.45, 2.75) is 13.5 Å². The van der Waals surface area contributed by atoms with E-state index in [9.17, 15) is 9.59 Å². The second-order valence-corrected chi connectivity index (χ2v) is 5.48. The zero-order valence-electron chi connectivity index (χ0n) is 14.3. The Morgan fingerprint density at radius 1 is 1.12 bits per heavy atom. The Balaban J connectivity index is 1.73. The van der Waals surface area contributed by atoms with Crippen molar-refractivity contribution in [2.75, 3.05) is 46.4 Å². The summed E-state index contributed by atoms with van der Waals surface area (Å²) in [5.74, 6) is 0.842. The molecule has 0 radical (unpaired) electrons. The number of hydrogen-bond acceptors (Lipinski definition) is 5. The lowest BCUT2D eigenvalue weighted by atomic mass is 10.2. The van der Waals surface area contributed by atoms with Gasteiger partial charge < -0.3 is 24.6 Å². The molecule has 0 bridgehead atoms. The molecule has 1 N–H and O–H groups in total. The minimum atomic E-state index is -0.307. The van der Waals surface area contributed by atoms with Crippen molar-refractivity contribution in [3.8, 4) is 5.75 Å². The van der Waals surface area contributed by atoms with Gasteiger partial charge >= 0.3 is 6.09 Å². The van der Waals surface area contributed by atoms with E-state index in [4.69, 9.17) is 9.47 Å². The maximum absolute atomic E-state index is 12.2. The molecule has 2 rings (SSSR count). The molecule has 2 amide bonds. The fourth-order valence-electron chi connectivity index (χ4n) is 2.62. The van der Waals surface area contributed by atoms with Crippen LogP contribution < -0.4 is 10.1 Å². The summed E-state index contributed by atoms with van der Waals surface area (Å²) in [7, 11) is 1.63. The highest BCUT2D eigenvalue weighted by molar-refractivity contribution is 5.78. The molecule has 24 heavy (non-hydrogen) atoms. The fourth-order valence-corrected chi connectivity index (χ4v) is 2.62. The van der Waals surface area contributed by atoms with E-state index in [0.717, 1.165) is 11.3 Å². The number of rotatable bonds is 6. The minimum absolute atomic E-state index is 0.0356. The predicted octanol–water partition coefficient (Wildman–Crippen LogP) is 1.09. The van der Waals surface area contributed by atoms with Gasteiger partial charge in [-0.05, 0) is 13.0 Å². The average molecular weight is 335 g/mol. The molecule has 7 heteroatoms. The molecule has 1 aromatic rings. The van der Waals surface area contributed by atoms with Crippen molar-refractivity contribution in [1.82, 2.24) is 15.1 Å². The second-order valence-electron chi connectivity index (χ2n) is 5.48. The van der Waals surface area contributed by atoms with Gasteiger partial charge in [0.1, 0.15) is 5.75 Å². The molecule has 7 nitrogen and oxygen atoms in total. The minimum Gasteiger partial charge on any atom is -0.496 e. The van der Waals surface area contributed by atoms with Crippen LogP contribution in [0.5, 0.6) is 5.75 Å². The van der Waals surface area contributed by atoms with E-state index in [-0.39, 0.29) is 18.5 Å². The summed E-state index contributed by atoms with van der Waals surface area (Å²) in [6.07, 6.45) is -0.307. The third kappa shape index (κ3) is 4.86. The number of ether oxygens (including phenoxy) is 2. The predicted molar refractivity (Wildman–Crippen MR) is 89.9 cm³/mol. The average Bonchev–Trinajstić information content (AvgIpc) is 2.62. The van der Waals surface area contributed by atoms with E-state index in [2.05, 4.69) is 5.32 Å². The lowest BCUT2D eigenvalue weighted by molar-refractivity contribution is -0.131. The van der Waals surface area contributed by atoms with Crippen molar-refractivity contribution in [3.05, 3.63) is 29.8 Å². The Morgan fingerprint density at radius 2 is 1.79 bits per heavy atom. The van der Waals surface area contributed by atoms with Gasteiger partial charge in [0.15, 0.2) is 0 Å². The SMILES string of the molecule is CCOC(=O)N1CCN(C(=O)CNCc2ccccc2OC)CC1. The van der Waals surface area contributed by atoms with E-state index in [1.54, 1.807) is 23.8 Å². The highest BCUT2D eigenvalue weighted by atomic mass is 16.6. The third-order valence-corrected chi connectivity index (χ3v) is 3.94. The molecule has 0 aliphatic carbocycles. The number of benzene rings is 1. The molecule has 1 aliphatic rings. The van der Waals surface area contributed by atoms with Gasteiger partial charge in [0.2, 0.25) is 5.91 Å². The Morgan fingerprint density at radius 3 is 2.46 bits per heavy atom. The standard InChI is InChI=1S/C17H25N3O4/c1-3-24-17(22)20-10-8-19(9-11-20)16(21)13-18-12-14-6-4-5-7-15(14)23-2/h4-7,18H,3,8-13H2,1-2H3. The molecule has 1 aliphatic heterocycles. The molecule has 0 atom stereocenters. The number of para-hydroxylation sites is 1. The fraction of sp³-hybridized carbons (Fsp3) is 0.529. The molecule has 132 valence electrons.